The molecule has 1 aliphatic carbocycles. The number of fused-ring (bicyclic) bond motifs is 1. The second-order valence-corrected chi connectivity index (χ2v) is 5.90. The Morgan fingerprint density at radius 1 is 1.33 bits per heavy atom. The van der Waals surface area contributed by atoms with Crippen LogP contribution in [0.3, 0.4) is 0 Å². The van der Waals surface area contributed by atoms with Crippen LogP contribution in [0, 0.1) is 5.82 Å². The average molecular weight is 332 g/mol. The molecule has 24 heavy (non-hydrogen) atoms. The largest absolute Gasteiger partial charge is 0.469 e. The lowest BCUT2D eigenvalue weighted by Gasteiger charge is -2.38. The highest BCUT2D eigenvalue weighted by Crippen LogP contribution is 2.33. The van der Waals surface area contributed by atoms with E-state index in [1.165, 1.54) is 24.6 Å². The van der Waals surface area contributed by atoms with Crippen LogP contribution >= 0.6 is 0 Å². The number of hydrogen-bond acceptors (Lipinski definition) is 5. The van der Waals surface area contributed by atoms with E-state index >= 15 is 0 Å². The second-order valence-electron chi connectivity index (χ2n) is 5.90. The zero-order valence-electron chi connectivity index (χ0n) is 12.9. The lowest BCUT2D eigenvalue weighted by molar-refractivity contribution is -0.0804. The Kier molecular flexibility index (Phi) is 3.93. The zero-order valence-corrected chi connectivity index (χ0v) is 12.9. The molecule has 0 unspecified atom stereocenters. The van der Waals surface area contributed by atoms with Crippen LogP contribution in [0.4, 0.5) is 4.39 Å². The van der Waals surface area contributed by atoms with Crippen molar-refractivity contribution in [2.45, 2.75) is 31.1 Å². The van der Waals surface area contributed by atoms with E-state index in [1.807, 2.05) is 0 Å². The number of nitrogens with zero attached hydrogens (tertiary/aromatic N) is 2. The Morgan fingerprint density at radius 3 is 3.04 bits per heavy atom. The van der Waals surface area contributed by atoms with Gasteiger partial charge in [0.05, 0.1) is 18.9 Å². The van der Waals surface area contributed by atoms with Crippen LogP contribution in [-0.4, -0.2) is 47.2 Å². The molecule has 0 N–H and O–H groups in total. The van der Waals surface area contributed by atoms with Crippen LogP contribution in [0.5, 0.6) is 5.88 Å². The van der Waals surface area contributed by atoms with Gasteiger partial charge in [-0.3, -0.25) is 4.79 Å². The van der Waals surface area contributed by atoms with Gasteiger partial charge in [-0.15, -0.1) is 0 Å². The monoisotopic (exact) mass is 332 g/mol. The Morgan fingerprint density at radius 2 is 2.25 bits per heavy atom. The third-order valence-electron chi connectivity index (χ3n) is 4.52. The molecule has 4 rings (SSSR count). The number of carbonyl (C=O) groups excluding carboxylic acids is 1. The van der Waals surface area contributed by atoms with Crippen LogP contribution in [0.1, 0.15) is 23.4 Å². The van der Waals surface area contributed by atoms with Gasteiger partial charge in [0.1, 0.15) is 12.2 Å². The van der Waals surface area contributed by atoms with Crippen molar-refractivity contribution in [3.8, 4) is 5.88 Å². The molecule has 0 bridgehead atoms. The number of morpholine rings is 1. The molecule has 3 heterocycles. The quantitative estimate of drug-likeness (QED) is 0.863. The van der Waals surface area contributed by atoms with Crippen molar-refractivity contribution in [2.75, 3.05) is 13.2 Å². The fourth-order valence-electron chi connectivity index (χ4n) is 3.44. The summed E-state index contributed by atoms with van der Waals surface area (Å²) in [7, 11) is 0. The fraction of sp³-hybridized carbons (Fsp3) is 0.412. The number of pyridine rings is 1. The van der Waals surface area contributed by atoms with Gasteiger partial charge in [0.15, 0.2) is 11.6 Å². The summed E-state index contributed by atoms with van der Waals surface area (Å²) < 4.78 is 30.5. The SMILES string of the molecule is O=C(c1ccco1)N1CCO[C@@H]2[C@@H](Oc3ncccc3F)CC[C@H]21. The lowest BCUT2D eigenvalue weighted by Crippen LogP contribution is -2.54. The van der Waals surface area contributed by atoms with Gasteiger partial charge in [-0.05, 0) is 37.1 Å². The van der Waals surface area contributed by atoms with Crippen molar-refractivity contribution in [3.63, 3.8) is 0 Å². The summed E-state index contributed by atoms with van der Waals surface area (Å²) in [6.45, 7) is 0.920. The highest BCUT2D eigenvalue weighted by molar-refractivity contribution is 5.91. The fourth-order valence-corrected chi connectivity index (χ4v) is 3.44. The molecule has 2 aromatic rings. The van der Waals surface area contributed by atoms with Gasteiger partial charge in [-0.1, -0.05) is 0 Å². The molecule has 1 aliphatic heterocycles. The van der Waals surface area contributed by atoms with E-state index in [4.69, 9.17) is 13.9 Å². The Balaban J connectivity index is 1.50. The minimum atomic E-state index is -0.500. The molecular weight excluding hydrogens is 315 g/mol. The summed E-state index contributed by atoms with van der Waals surface area (Å²) in [5.74, 6) is -0.361. The van der Waals surface area contributed by atoms with Crippen LogP contribution < -0.4 is 4.74 Å². The van der Waals surface area contributed by atoms with Gasteiger partial charge < -0.3 is 18.8 Å². The number of ether oxygens (including phenoxy) is 2. The molecule has 7 heteroatoms. The first-order chi connectivity index (χ1) is 11.7. The number of carbonyl (C=O) groups is 1. The van der Waals surface area contributed by atoms with Crippen molar-refractivity contribution >= 4 is 5.91 Å². The zero-order chi connectivity index (χ0) is 16.5. The third-order valence-corrected chi connectivity index (χ3v) is 4.52. The first-order valence-corrected chi connectivity index (χ1v) is 7.97. The normalized spacial score (nSPS) is 26.2. The number of hydrogen-bond donors (Lipinski definition) is 0. The van der Waals surface area contributed by atoms with E-state index in [2.05, 4.69) is 4.98 Å². The first kappa shape index (κ1) is 15.1. The molecule has 6 nitrogen and oxygen atoms in total. The topological polar surface area (TPSA) is 64.8 Å². The highest BCUT2D eigenvalue weighted by atomic mass is 19.1. The molecule has 2 aromatic heterocycles. The van der Waals surface area contributed by atoms with Crippen molar-refractivity contribution in [2.24, 2.45) is 0 Å². The van der Waals surface area contributed by atoms with Gasteiger partial charge in [0.25, 0.3) is 11.8 Å². The van der Waals surface area contributed by atoms with Crippen LogP contribution in [0.2, 0.25) is 0 Å². The Labute approximate surface area is 138 Å². The van der Waals surface area contributed by atoms with Crippen molar-refractivity contribution in [1.82, 2.24) is 9.88 Å². The maximum Gasteiger partial charge on any atom is 0.289 e. The van der Waals surface area contributed by atoms with E-state index in [0.717, 1.165) is 6.42 Å². The molecule has 3 atom stereocenters. The summed E-state index contributed by atoms with van der Waals surface area (Å²) in [6.07, 6.45) is 3.75. The predicted octanol–water partition coefficient (Wildman–Crippen LogP) is 2.26. The molecule has 2 fully saturated rings. The smallest absolute Gasteiger partial charge is 0.289 e. The van der Waals surface area contributed by atoms with E-state index in [0.29, 0.717) is 25.3 Å². The van der Waals surface area contributed by atoms with E-state index < -0.39 is 5.82 Å². The van der Waals surface area contributed by atoms with Crippen molar-refractivity contribution in [1.29, 1.82) is 0 Å². The second kappa shape index (κ2) is 6.24. The van der Waals surface area contributed by atoms with E-state index in [9.17, 15) is 9.18 Å². The minimum absolute atomic E-state index is 0.0266. The van der Waals surface area contributed by atoms with Crippen molar-refractivity contribution in [3.05, 3.63) is 48.3 Å². The Hall–Kier alpha value is -2.41. The first-order valence-electron chi connectivity index (χ1n) is 7.97. The standard InChI is InChI=1S/C17H17FN2O4/c18-11-3-1-7-19-16(11)24-13-6-5-12-15(13)23-10-8-20(12)17(21)14-4-2-9-22-14/h1-4,7,9,12-13,15H,5-6,8,10H2/t12-,13+,15+/m1/s1. The maximum absolute atomic E-state index is 13.8. The molecule has 2 aliphatic rings. The van der Waals surface area contributed by atoms with Gasteiger partial charge in [-0.2, -0.15) is 0 Å². The van der Waals surface area contributed by atoms with E-state index in [1.54, 1.807) is 17.0 Å². The molecule has 0 aromatic carbocycles. The minimum Gasteiger partial charge on any atom is -0.469 e. The van der Waals surface area contributed by atoms with Crippen LogP contribution in [-0.2, 0) is 4.74 Å². The lowest BCUT2D eigenvalue weighted by atomic mass is 10.1. The Bertz CT molecular complexity index is 721. The molecule has 1 amide bonds. The maximum atomic E-state index is 13.8. The number of furan rings is 1. The molecule has 126 valence electrons. The molecular formula is C17H17FN2O4. The molecule has 1 saturated carbocycles. The number of rotatable bonds is 3. The number of halogens is 1. The summed E-state index contributed by atoms with van der Waals surface area (Å²) in [4.78, 5) is 18.3. The van der Waals surface area contributed by atoms with E-state index in [-0.39, 0.29) is 30.0 Å². The summed E-state index contributed by atoms with van der Waals surface area (Å²) in [5, 5.41) is 0. The molecule has 0 radical (unpaired) electrons. The number of amides is 1. The van der Waals surface area contributed by atoms with Gasteiger partial charge >= 0.3 is 0 Å². The number of aromatic nitrogens is 1. The predicted molar refractivity (Wildman–Crippen MR) is 81.1 cm³/mol. The van der Waals surface area contributed by atoms with Gasteiger partial charge in [-0.25, -0.2) is 9.37 Å². The van der Waals surface area contributed by atoms with Crippen molar-refractivity contribution < 1.29 is 23.1 Å². The highest BCUT2D eigenvalue weighted by Gasteiger charge is 2.46. The van der Waals surface area contributed by atoms with Crippen LogP contribution in [0.25, 0.3) is 0 Å². The van der Waals surface area contributed by atoms with Crippen LogP contribution in [0.15, 0.2) is 41.1 Å². The summed E-state index contributed by atoms with van der Waals surface area (Å²) in [5.41, 5.74) is 0. The summed E-state index contributed by atoms with van der Waals surface area (Å²) >= 11 is 0. The van der Waals surface area contributed by atoms with Gasteiger partial charge in [0.2, 0.25) is 0 Å². The third kappa shape index (κ3) is 2.65. The average Bonchev–Trinajstić information content (AvgIpc) is 3.26. The molecule has 0 spiro atoms. The van der Waals surface area contributed by atoms with Gasteiger partial charge in [0, 0.05) is 12.7 Å². The summed E-state index contributed by atoms with van der Waals surface area (Å²) in [6, 6.07) is 6.06. The molecule has 1 saturated heterocycles.